The fraction of sp³-hybridized carbons (Fsp3) is 0.111. The minimum absolute atomic E-state index is 0.313. The van der Waals surface area contributed by atoms with Crippen molar-refractivity contribution in [1.82, 2.24) is 0 Å². The number of hydrogen-bond donors (Lipinski definition) is 2. The fourth-order valence-electron chi connectivity index (χ4n) is 1.99. The molecule has 0 radical (unpaired) electrons. The predicted octanol–water partition coefficient (Wildman–Crippen LogP) is 3.37. The maximum atomic E-state index is 12.5. The van der Waals surface area contributed by atoms with E-state index in [0.717, 1.165) is 11.1 Å². The summed E-state index contributed by atoms with van der Waals surface area (Å²) in [5.74, 6) is -0.313. The quantitative estimate of drug-likeness (QED) is 0.666. The molecule has 0 aliphatic carbocycles. The van der Waals surface area contributed by atoms with Crippen LogP contribution in [0, 0.1) is 36.5 Å². The van der Waals surface area contributed by atoms with Crippen LogP contribution >= 0.6 is 0 Å². The number of aryl methyl sites for hydroxylation is 2. The minimum atomic E-state index is -0.320. The summed E-state index contributed by atoms with van der Waals surface area (Å²) in [6.45, 7) is 3.97. The predicted molar refractivity (Wildman–Crippen MR) is 92.6 cm³/mol. The number of hydrazone groups is 1. The van der Waals surface area contributed by atoms with E-state index in [1.54, 1.807) is 36.4 Å². The molecule has 2 aromatic rings. The van der Waals surface area contributed by atoms with Gasteiger partial charge in [0.05, 0.1) is 11.3 Å². The number of nitriles is 2. The first-order valence-corrected chi connectivity index (χ1v) is 7.16. The summed E-state index contributed by atoms with van der Waals surface area (Å²) in [5, 5.41) is 23.9. The van der Waals surface area contributed by atoms with Crippen LogP contribution < -0.4 is 10.7 Å². The van der Waals surface area contributed by atoms with Crippen molar-refractivity contribution in [2.75, 3.05) is 10.7 Å². The molecule has 0 spiro atoms. The van der Waals surface area contributed by atoms with Crippen molar-refractivity contribution in [1.29, 1.82) is 10.5 Å². The van der Waals surface area contributed by atoms with Crippen molar-refractivity contribution >= 4 is 23.0 Å². The summed E-state index contributed by atoms with van der Waals surface area (Å²) in [6.07, 6.45) is 0. The van der Waals surface area contributed by atoms with Gasteiger partial charge in [0.1, 0.15) is 12.1 Å². The van der Waals surface area contributed by atoms with Crippen molar-refractivity contribution in [2.24, 2.45) is 5.10 Å². The molecule has 0 saturated carbocycles. The zero-order chi connectivity index (χ0) is 17.5. The summed E-state index contributed by atoms with van der Waals surface area (Å²) in [6, 6.07) is 15.7. The van der Waals surface area contributed by atoms with Crippen molar-refractivity contribution in [3.8, 4) is 12.1 Å². The topological polar surface area (TPSA) is 101 Å². The Hall–Kier alpha value is -3.64. The van der Waals surface area contributed by atoms with Gasteiger partial charge in [-0.15, -0.1) is 0 Å². The summed E-state index contributed by atoms with van der Waals surface area (Å²) in [4.78, 5) is 12.5. The zero-order valence-electron chi connectivity index (χ0n) is 13.3. The summed E-state index contributed by atoms with van der Waals surface area (Å²) in [5.41, 5.74) is 5.94. The van der Waals surface area contributed by atoms with Crippen LogP contribution in [0.4, 0.5) is 11.4 Å². The van der Waals surface area contributed by atoms with Crippen LogP contribution in [0.25, 0.3) is 0 Å². The van der Waals surface area contributed by atoms with E-state index in [1.165, 1.54) is 0 Å². The Bertz CT molecular complexity index is 871. The van der Waals surface area contributed by atoms with Gasteiger partial charge in [0.25, 0.3) is 5.91 Å². The van der Waals surface area contributed by atoms with Gasteiger partial charge in [-0.2, -0.15) is 15.6 Å². The zero-order valence-corrected chi connectivity index (χ0v) is 13.3. The lowest BCUT2D eigenvalue weighted by Gasteiger charge is -2.10. The number of carbonyl (C=O) groups is 1. The highest BCUT2D eigenvalue weighted by Gasteiger charge is 2.11. The third kappa shape index (κ3) is 3.96. The van der Waals surface area contributed by atoms with Crippen LogP contribution in [0.5, 0.6) is 0 Å². The summed E-state index contributed by atoms with van der Waals surface area (Å²) >= 11 is 0. The second-order valence-electron chi connectivity index (χ2n) is 5.09. The van der Waals surface area contributed by atoms with Crippen LogP contribution in [0.2, 0.25) is 0 Å². The molecular weight excluding hydrogens is 302 g/mol. The molecule has 6 heteroatoms. The normalized spacial score (nSPS) is 9.33. The third-order valence-electron chi connectivity index (χ3n) is 3.44. The van der Waals surface area contributed by atoms with Crippen molar-refractivity contribution in [3.63, 3.8) is 0 Å². The standard InChI is InChI=1S/C18H15N5O/c1-12-7-8-14(9-13(12)2)21-18(24)16-5-3-4-6-17(16)23-22-15(10-19)11-20/h3-9,23H,1-2H3,(H,21,24). The molecule has 118 valence electrons. The first kappa shape index (κ1) is 16.7. The first-order chi connectivity index (χ1) is 11.5. The van der Waals surface area contributed by atoms with Gasteiger partial charge in [-0.25, -0.2) is 0 Å². The molecule has 0 aliphatic heterocycles. The molecule has 24 heavy (non-hydrogen) atoms. The number of hydrogen-bond acceptors (Lipinski definition) is 5. The number of nitrogens with zero attached hydrogens (tertiary/aromatic N) is 3. The van der Waals surface area contributed by atoms with Crippen molar-refractivity contribution in [2.45, 2.75) is 13.8 Å². The Labute approximate surface area is 140 Å². The van der Waals surface area contributed by atoms with Crippen molar-refractivity contribution < 1.29 is 4.79 Å². The molecule has 2 rings (SSSR count). The Morgan fingerprint density at radius 2 is 1.75 bits per heavy atom. The molecule has 0 aromatic heterocycles. The molecule has 0 atom stereocenters. The lowest BCUT2D eigenvalue weighted by atomic mass is 10.1. The molecule has 6 nitrogen and oxygen atoms in total. The average Bonchev–Trinajstić information content (AvgIpc) is 2.59. The summed E-state index contributed by atoms with van der Waals surface area (Å²) < 4.78 is 0. The van der Waals surface area contributed by atoms with E-state index >= 15 is 0 Å². The van der Waals surface area contributed by atoms with Gasteiger partial charge >= 0.3 is 0 Å². The van der Waals surface area contributed by atoms with Gasteiger partial charge < -0.3 is 5.32 Å². The van der Waals surface area contributed by atoms with Crippen molar-refractivity contribution in [3.05, 3.63) is 59.2 Å². The van der Waals surface area contributed by atoms with Gasteiger partial charge in [-0.1, -0.05) is 18.2 Å². The van der Waals surface area contributed by atoms with Crippen LogP contribution in [0.3, 0.4) is 0 Å². The van der Waals surface area contributed by atoms with E-state index in [2.05, 4.69) is 15.8 Å². The highest BCUT2D eigenvalue weighted by atomic mass is 16.1. The molecule has 0 unspecified atom stereocenters. The monoisotopic (exact) mass is 317 g/mol. The number of para-hydroxylation sites is 1. The van der Waals surface area contributed by atoms with Crippen LogP contribution in [0.1, 0.15) is 21.5 Å². The Morgan fingerprint density at radius 3 is 2.42 bits per heavy atom. The highest BCUT2D eigenvalue weighted by Crippen LogP contribution is 2.19. The Morgan fingerprint density at radius 1 is 1.04 bits per heavy atom. The number of benzene rings is 2. The largest absolute Gasteiger partial charge is 0.322 e. The van der Waals surface area contributed by atoms with E-state index in [1.807, 2.05) is 32.0 Å². The molecule has 2 aromatic carbocycles. The molecule has 0 bridgehead atoms. The number of carbonyl (C=O) groups excluding carboxylic acids is 1. The Kier molecular flexibility index (Phi) is 5.28. The molecular formula is C18H15N5O. The van der Waals surface area contributed by atoms with Gasteiger partial charge in [0, 0.05) is 5.69 Å². The van der Waals surface area contributed by atoms with Crippen LogP contribution in [0.15, 0.2) is 47.6 Å². The fourth-order valence-corrected chi connectivity index (χ4v) is 1.99. The maximum Gasteiger partial charge on any atom is 0.257 e. The minimum Gasteiger partial charge on any atom is -0.322 e. The highest BCUT2D eigenvalue weighted by molar-refractivity contribution is 6.11. The number of rotatable bonds is 4. The number of amides is 1. The molecule has 0 heterocycles. The van der Waals surface area contributed by atoms with E-state index in [-0.39, 0.29) is 11.6 Å². The lowest BCUT2D eigenvalue weighted by Crippen LogP contribution is -2.14. The second kappa shape index (κ2) is 7.57. The van der Waals surface area contributed by atoms with E-state index in [4.69, 9.17) is 10.5 Å². The van der Waals surface area contributed by atoms with Crippen LogP contribution in [-0.4, -0.2) is 11.6 Å². The average molecular weight is 317 g/mol. The van der Waals surface area contributed by atoms with E-state index in [0.29, 0.717) is 16.9 Å². The van der Waals surface area contributed by atoms with E-state index in [9.17, 15) is 4.79 Å². The molecule has 0 fully saturated rings. The lowest BCUT2D eigenvalue weighted by molar-refractivity contribution is 0.102. The molecule has 0 saturated heterocycles. The van der Waals surface area contributed by atoms with Gasteiger partial charge in [0.2, 0.25) is 5.71 Å². The second-order valence-corrected chi connectivity index (χ2v) is 5.09. The SMILES string of the molecule is Cc1ccc(NC(=O)c2ccccc2NN=C(C#N)C#N)cc1C. The smallest absolute Gasteiger partial charge is 0.257 e. The van der Waals surface area contributed by atoms with E-state index < -0.39 is 0 Å². The van der Waals surface area contributed by atoms with Gasteiger partial charge in [-0.05, 0) is 49.2 Å². The molecule has 1 amide bonds. The molecule has 0 aliphatic rings. The van der Waals surface area contributed by atoms with Gasteiger partial charge in [-0.3, -0.25) is 10.2 Å². The third-order valence-corrected chi connectivity index (χ3v) is 3.44. The van der Waals surface area contributed by atoms with Gasteiger partial charge in [0.15, 0.2) is 0 Å². The Balaban J connectivity index is 2.24. The molecule has 2 N–H and O–H groups in total. The first-order valence-electron chi connectivity index (χ1n) is 7.16. The maximum absolute atomic E-state index is 12.5. The number of nitrogens with one attached hydrogen (secondary N) is 2. The summed E-state index contributed by atoms with van der Waals surface area (Å²) in [7, 11) is 0. The number of anilines is 2. The van der Waals surface area contributed by atoms with Crippen LogP contribution in [-0.2, 0) is 0 Å².